The van der Waals surface area contributed by atoms with E-state index in [1.54, 1.807) is 0 Å². The average molecular weight is 313 g/mol. The van der Waals surface area contributed by atoms with Crippen LogP contribution in [0.3, 0.4) is 0 Å². The van der Waals surface area contributed by atoms with Crippen molar-refractivity contribution in [3.05, 3.63) is 0 Å². The molecule has 0 aromatic carbocycles. The van der Waals surface area contributed by atoms with Gasteiger partial charge >= 0.3 is 11.9 Å². The summed E-state index contributed by atoms with van der Waals surface area (Å²) in [4.78, 5) is 35.2. The SMILES string of the molecule is CCCCCCC(OC(=O)[C@@H]1CCC(=O)N1)C(=O)OCCC. The first kappa shape index (κ1) is 18.5. The van der Waals surface area contributed by atoms with Gasteiger partial charge in [0.15, 0.2) is 6.10 Å². The molecule has 1 N–H and O–H groups in total. The van der Waals surface area contributed by atoms with Crippen molar-refractivity contribution in [2.24, 2.45) is 0 Å². The van der Waals surface area contributed by atoms with Crippen molar-refractivity contribution in [2.75, 3.05) is 6.61 Å². The van der Waals surface area contributed by atoms with Crippen molar-refractivity contribution >= 4 is 17.8 Å². The summed E-state index contributed by atoms with van der Waals surface area (Å²) in [7, 11) is 0. The molecule has 0 radical (unpaired) electrons. The molecule has 6 heteroatoms. The van der Waals surface area contributed by atoms with Crippen LogP contribution in [0.2, 0.25) is 0 Å². The molecule has 6 nitrogen and oxygen atoms in total. The number of carbonyl (C=O) groups excluding carboxylic acids is 3. The van der Waals surface area contributed by atoms with Gasteiger partial charge in [0.05, 0.1) is 6.61 Å². The van der Waals surface area contributed by atoms with Crippen molar-refractivity contribution < 1.29 is 23.9 Å². The molecule has 0 aliphatic carbocycles. The third kappa shape index (κ3) is 6.45. The Morgan fingerprint density at radius 2 is 2.00 bits per heavy atom. The van der Waals surface area contributed by atoms with Gasteiger partial charge in [0.2, 0.25) is 5.91 Å². The maximum atomic E-state index is 12.0. The van der Waals surface area contributed by atoms with E-state index in [0.717, 1.165) is 32.1 Å². The lowest BCUT2D eigenvalue weighted by Gasteiger charge is -2.19. The maximum absolute atomic E-state index is 12.0. The van der Waals surface area contributed by atoms with Gasteiger partial charge in [-0.3, -0.25) is 4.79 Å². The van der Waals surface area contributed by atoms with Gasteiger partial charge in [-0.2, -0.15) is 0 Å². The normalized spacial score (nSPS) is 18.6. The molecule has 0 aromatic heterocycles. The molecule has 1 rings (SSSR count). The Morgan fingerprint density at radius 3 is 2.59 bits per heavy atom. The van der Waals surface area contributed by atoms with Gasteiger partial charge in [-0.25, -0.2) is 9.59 Å². The molecule has 1 fully saturated rings. The number of carbonyl (C=O) groups is 3. The zero-order valence-electron chi connectivity index (χ0n) is 13.6. The molecule has 1 saturated heterocycles. The number of rotatable bonds is 10. The first-order chi connectivity index (χ1) is 10.6. The van der Waals surface area contributed by atoms with E-state index in [4.69, 9.17) is 9.47 Å². The number of ether oxygens (including phenoxy) is 2. The van der Waals surface area contributed by atoms with Crippen molar-refractivity contribution in [1.82, 2.24) is 5.32 Å². The minimum absolute atomic E-state index is 0.157. The van der Waals surface area contributed by atoms with Crippen LogP contribution in [-0.4, -0.2) is 36.6 Å². The predicted octanol–water partition coefficient (Wildman–Crippen LogP) is 2.10. The quantitative estimate of drug-likeness (QED) is 0.493. The first-order valence-corrected chi connectivity index (χ1v) is 8.25. The summed E-state index contributed by atoms with van der Waals surface area (Å²) < 4.78 is 10.4. The van der Waals surface area contributed by atoms with E-state index in [0.29, 0.717) is 25.9 Å². The van der Waals surface area contributed by atoms with Crippen LogP contribution in [0.1, 0.15) is 65.2 Å². The summed E-state index contributed by atoms with van der Waals surface area (Å²) >= 11 is 0. The number of hydrogen-bond acceptors (Lipinski definition) is 5. The predicted molar refractivity (Wildman–Crippen MR) is 81.1 cm³/mol. The summed E-state index contributed by atoms with van der Waals surface area (Å²) in [5.41, 5.74) is 0. The lowest BCUT2D eigenvalue weighted by Crippen LogP contribution is -2.39. The van der Waals surface area contributed by atoms with Crippen LogP contribution in [0.4, 0.5) is 0 Å². The number of nitrogens with one attached hydrogen (secondary N) is 1. The number of unbranched alkanes of at least 4 members (excludes halogenated alkanes) is 3. The van der Waals surface area contributed by atoms with Gasteiger partial charge in [-0.05, 0) is 25.7 Å². The summed E-state index contributed by atoms with van der Waals surface area (Å²) in [5.74, 6) is -1.19. The van der Waals surface area contributed by atoms with Crippen molar-refractivity contribution in [3.63, 3.8) is 0 Å². The van der Waals surface area contributed by atoms with E-state index >= 15 is 0 Å². The smallest absolute Gasteiger partial charge is 0.347 e. The lowest BCUT2D eigenvalue weighted by atomic mass is 10.1. The minimum atomic E-state index is -0.867. The molecule has 1 amide bonds. The Kier molecular flexibility index (Phi) is 8.55. The van der Waals surface area contributed by atoms with Crippen molar-refractivity contribution in [3.8, 4) is 0 Å². The maximum Gasteiger partial charge on any atom is 0.347 e. The molecular weight excluding hydrogens is 286 g/mol. The van der Waals surface area contributed by atoms with Crippen molar-refractivity contribution in [2.45, 2.75) is 77.4 Å². The number of hydrogen-bond donors (Lipinski definition) is 1. The van der Waals surface area contributed by atoms with E-state index < -0.39 is 24.1 Å². The standard InChI is InChI=1S/C16H27NO5/c1-3-5-6-7-8-13(16(20)21-11-4-2)22-15(19)12-9-10-14(18)17-12/h12-13H,3-11H2,1-2H3,(H,17,18)/t12-,13?/m0/s1. The first-order valence-electron chi connectivity index (χ1n) is 8.25. The molecule has 1 unspecified atom stereocenters. The molecule has 1 aliphatic rings. The Bertz CT molecular complexity index is 383. The Morgan fingerprint density at radius 1 is 1.23 bits per heavy atom. The van der Waals surface area contributed by atoms with Crippen LogP contribution < -0.4 is 5.32 Å². The average Bonchev–Trinajstić information content (AvgIpc) is 2.94. The third-order valence-corrected chi connectivity index (χ3v) is 3.57. The molecule has 1 aliphatic heterocycles. The van der Waals surface area contributed by atoms with Crippen molar-refractivity contribution in [1.29, 1.82) is 0 Å². The Balaban J connectivity index is 2.49. The van der Waals surface area contributed by atoms with Crippen LogP contribution in [0.15, 0.2) is 0 Å². The molecule has 2 atom stereocenters. The summed E-state index contributed by atoms with van der Waals surface area (Å²) in [6.07, 6.45) is 5.05. The van der Waals surface area contributed by atoms with Crippen LogP contribution in [0.5, 0.6) is 0 Å². The van der Waals surface area contributed by atoms with Crippen LogP contribution >= 0.6 is 0 Å². The van der Waals surface area contributed by atoms with Crippen LogP contribution in [-0.2, 0) is 23.9 Å². The summed E-state index contributed by atoms with van der Waals surface area (Å²) in [5, 5.41) is 2.55. The third-order valence-electron chi connectivity index (χ3n) is 3.57. The molecular formula is C16H27NO5. The fraction of sp³-hybridized carbons (Fsp3) is 0.812. The van der Waals surface area contributed by atoms with E-state index in [-0.39, 0.29) is 5.91 Å². The highest BCUT2D eigenvalue weighted by atomic mass is 16.6. The van der Waals surface area contributed by atoms with E-state index in [9.17, 15) is 14.4 Å². The minimum Gasteiger partial charge on any atom is -0.463 e. The van der Waals surface area contributed by atoms with Gasteiger partial charge < -0.3 is 14.8 Å². The molecule has 22 heavy (non-hydrogen) atoms. The molecule has 0 spiro atoms. The second-order valence-corrected chi connectivity index (χ2v) is 5.60. The fourth-order valence-corrected chi connectivity index (χ4v) is 2.29. The number of esters is 2. The van der Waals surface area contributed by atoms with Gasteiger partial charge in [0.25, 0.3) is 0 Å². The second kappa shape index (κ2) is 10.2. The number of amides is 1. The summed E-state index contributed by atoms with van der Waals surface area (Å²) in [6, 6.07) is -0.635. The monoisotopic (exact) mass is 313 g/mol. The molecule has 0 bridgehead atoms. The molecule has 0 saturated carbocycles. The van der Waals surface area contributed by atoms with Crippen LogP contribution in [0, 0.1) is 0 Å². The highest BCUT2D eigenvalue weighted by Crippen LogP contribution is 2.14. The summed E-state index contributed by atoms with van der Waals surface area (Å²) in [6.45, 7) is 4.33. The van der Waals surface area contributed by atoms with Gasteiger partial charge in [0.1, 0.15) is 6.04 Å². The molecule has 126 valence electrons. The topological polar surface area (TPSA) is 81.7 Å². The fourth-order valence-electron chi connectivity index (χ4n) is 2.29. The van der Waals surface area contributed by atoms with Gasteiger partial charge in [-0.15, -0.1) is 0 Å². The Labute approximate surface area is 131 Å². The van der Waals surface area contributed by atoms with E-state index in [2.05, 4.69) is 12.2 Å². The largest absolute Gasteiger partial charge is 0.463 e. The second-order valence-electron chi connectivity index (χ2n) is 5.60. The zero-order valence-corrected chi connectivity index (χ0v) is 13.6. The molecule has 0 aromatic rings. The van der Waals surface area contributed by atoms with Gasteiger partial charge in [0, 0.05) is 6.42 Å². The highest BCUT2D eigenvalue weighted by molar-refractivity contribution is 5.89. The highest BCUT2D eigenvalue weighted by Gasteiger charge is 2.32. The Hall–Kier alpha value is -1.59. The van der Waals surface area contributed by atoms with Crippen LogP contribution in [0.25, 0.3) is 0 Å². The van der Waals surface area contributed by atoms with E-state index in [1.807, 2.05) is 6.92 Å². The van der Waals surface area contributed by atoms with E-state index in [1.165, 1.54) is 0 Å². The van der Waals surface area contributed by atoms with Gasteiger partial charge in [-0.1, -0.05) is 33.1 Å². The molecule has 1 heterocycles. The lowest BCUT2D eigenvalue weighted by molar-refractivity contribution is -0.169. The zero-order chi connectivity index (χ0) is 16.4.